The van der Waals surface area contributed by atoms with E-state index in [1.54, 1.807) is 19.1 Å². The highest BCUT2D eigenvalue weighted by atomic mass is 16.6. The van der Waals surface area contributed by atoms with Gasteiger partial charge in [0, 0.05) is 11.6 Å². The lowest BCUT2D eigenvalue weighted by Gasteiger charge is -2.12. The number of aromatic nitrogens is 2. The van der Waals surface area contributed by atoms with Crippen molar-refractivity contribution in [3.63, 3.8) is 0 Å². The van der Waals surface area contributed by atoms with E-state index in [-0.39, 0.29) is 29.1 Å². The molecule has 1 aromatic carbocycles. The summed E-state index contributed by atoms with van der Waals surface area (Å²) < 4.78 is 7.15. The highest BCUT2D eigenvalue weighted by Crippen LogP contribution is 2.34. The number of nitrogens with two attached hydrogens (primary N) is 1. The second-order valence-corrected chi connectivity index (χ2v) is 5.01. The van der Waals surface area contributed by atoms with Gasteiger partial charge >= 0.3 is 5.69 Å². The average molecular weight is 304 g/mol. The molecule has 2 rings (SSSR count). The lowest BCUT2D eigenvalue weighted by atomic mass is 10.2. The third-order valence-corrected chi connectivity index (χ3v) is 3.08. The summed E-state index contributed by atoms with van der Waals surface area (Å²) in [7, 11) is 0. The van der Waals surface area contributed by atoms with E-state index in [0.717, 1.165) is 0 Å². The van der Waals surface area contributed by atoms with Crippen LogP contribution in [0.15, 0.2) is 24.3 Å². The van der Waals surface area contributed by atoms with Crippen molar-refractivity contribution in [2.45, 2.75) is 26.8 Å². The fraction of sp³-hybridized carbons (Fsp3) is 0.286. The molecule has 0 fully saturated rings. The number of ether oxygens (including phenoxy) is 1. The third kappa shape index (κ3) is 2.76. The predicted molar refractivity (Wildman–Crippen MR) is 79.0 cm³/mol. The summed E-state index contributed by atoms with van der Waals surface area (Å²) >= 11 is 0. The molecule has 0 radical (unpaired) electrons. The first-order valence-corrected chi connectivity index (χ1v) is 6.63. The van der Waals surface area contributed by atoms with Gasteiger partial charge in [-0.2, -0.15) is 5.10 Å². The van der Waals surface area contributed by atoms with Gasteiger partial charge in [0.25, 0.3) is 5.91 Å². The Hall–Kier alpha value is -2.90. The van der Waals surface area contributed by atoms with Crippen LogP contribution in [0.2, 0.25) is 0 Å². The Balaban J connectivity index is 2.54. The van der Waals surface area contributed by atoms with Gasteiger partial charge in [0.05, 0.1) is 11.0 Å². The van der Waals surface area contributed by atoms with E-state index in [2.05, 4.69) is 5.10 Å². The van der Waals surface area contributed by atoms with Crippen LogP contribution >= 0.6 is 0 Å². The molecule has 22 heavy (non-hydrogen) atoms. The number of benzene rings is 1. The number of carbonyl (C=O) groups is 1. The monoisotopic (exact) mass is 304 g/mol. The molecule has 8 heteroatoms. The zero-order valence-electron chi connectivity index (χ0n) is 12.4. The molecule has 0 spiro atoms. The van der Waals surface area contributed by atoms with E-state index in [4.69, 9.17) is 10.5 Å². The van der Waals surface area contributed by atoms with Gasteiger partial charge in [-0.25, -0.2) is 4.68 Å². The van der Waals surface area contributed by atoms with Gasteiger partial charge in [-0.3, -0.25) is 14.9 Å². The molecular weight excluding hydrogens is 288 g/mol. The van der Waals surface area contributed by atoms with Crippen LogP contribution in [0.25, 0.3) is 0 Å². The van der Waals surface area contributed by atoms with Gasteiger partial charge < -0.3 is 10.5 Å². The summed E-state index contributed by atoms with van der Waals surface area (Å²) in [6, 6.07) is 5.90. The highest BCUT2D eigenvalue weighted by Gasteiger charge is 2.24. The van der Waals surface area contributed by atoms with Gasteiger partial charge in [0.15, 0.2) is 5.69 Å². The van der Waals surface area contributed by atoms with Crippen LogP contribution in [0.4, 0.5) is 5.69 Å². The fourth-order valence-electron chi connectivity index (χ4n) is 2.01. The van der Waals surface area contributed by atoms with E-state index < -0.39 is 10.8 Å². The maximum Gasteiger partial charge on any atom is 0.311 e. The first-order valence-electron chi connectivity index (χ1n) is 6.63. The number of nitro groups is 1. The Morgan fingerprint density at radius 3 is 2.59 bits per heavy atom. The lowest BCUT2D eigenvalue weighted by Crippen LogP contribution is -2.14. The van der Waals surface area contributed by atoms with E-state index in [1.165, 1.54) is 16.8 Å². The summed E-state index contributed by atoms with van der Waals surface area (Å²) in [6.45, 7) is 5.34. The molecule has 0 aliphatic heterocycles. The highest BCUT2D eigenvalue weighted by molar-refractivity contribution is 5.92. The smallest absolute Gasteiger partial charge is 0.311 e. The largest absolute Gasteiger partial charge is 0.432 e. The fourth-order valence-corrected chi connectivity index (χ4v) is 2.01. The zero-order valence-corrected chi connectivity index (χ0v) is 12.4. The number of primary amides is 1. The van der Waals surface area contributed by atoms with E-state index in [9.17, 15) is 14.9 Å². The Bertz CT molecular complexity index is 736. The second-order valence-electron chi connectivity index (χ2n) is 5.01. The minimum Gasteiger partial charge on any atom is -0.432 e. The van der Waals surface area contributed by atoms with Crippen molar-refractivity contribution in [3.05, 3.63) is 45.6 Å². The topological polar surface area (TPSA) is 113 Å². The van der Waals surface area contributed by atoms with Gasteiger partial charge in [-0.1, -0.05) is 12.1 Å². The maximum atomic E-state index is 11.4. The maximum absolute atomic E-state index is 11.4. The Morgan fingerprint density at radius 2 is 2.05 bits per heavy atom. The molecule has 1 amide bonds. The van der Waals surface area contributed by atoms with E-state index in [1.807, 2.05) is 13.8 Å². The van der Waals surface area contributed by atoms with Crippen LogP contribution in [0, 0.1) is 17.0 Å². The summed E-state index contributed by atoms with van der Waals surface area (Å²) in [5.41, 5.74) is 5.65. The molecule has 0 atom stereocenters. The number of hydrogen-bond donors (Lipinski definition) is 1. The Labute approximate surface area is 126 Å². The van der Waals surface area contributed by atoms with Crippen LogP contribution in [-0.4, -0.2) is 20.6 Å². The number of hydrogen-bond acceptors (Lipinski definition) is 5. The van der Waals surface area contributed by atoms with Gasteiger partial charge in [-0.05, 0) is 26.8 Å². The first-order chi connectivity index (χ1) is 10.3. The lowest BCUT2D eigenvalue weighted by molar-refractivity contribution is -0.385. The summed E-state index contributed by atoms with van der Waals surface area (Å²) in [6.07, 6.45) is 0. The first kappa shape index (κ1) is 15.5. The predicted octanol–water partition coefficient (Wildman–Crippen LogP) is 2.57. The van der Waals surface area contributed by atoms with E-state index in [0.29, 0.717) is 5.56 Å². The molecule has 0 saturated carbocycles. The molecule has 0 aliphatic rings. The second kappa shape index (κ2) is 5.84. The minimum atomic E-state index is -0.677. The van der Waals surface area contributed by atoms with Crippen LogP contribution < -0.4 is 10.5 Å². The Kier molecular flexibility index (Phi) is 4.11. The van der Waals surface area contributed by atoms with Crippen LogP contribution in [0.1, 0.15) is 35.9 Å². The summed E-state index contributed by atoms with van der Waals surface area (Å²) in [5.74, 6) is -0.337. The van der Waals surface area contributed by atoms with Crippen LogP contribution in [0.5, 0.6) is 11.6 Å². The van der Waals surface area contributed by atoms with Gasteiger partial charge in [0.1, 0.15) is 0 Å². The zero-order chi connectivity index (χ0) is 16.4. The molecule has 0 saturated heterocycles. The minimum absolute atomic E-state index is 0.0772. The molecule has 0 bridgehead atoms. The number of carbonyl (C=O) groups excluding carboxylic acids is 1. The Morgan fingerprint density at radius 1 is 1.41 bits per heavy atom. The average Bonchev–Trinajstić information content (AvgIpc) is 2.77. The molecule has 2 N–H and O–H groups in total. The number of amides is 1. The molecular formula is C14H16N4O4. The molecule has 2 aromatic rings. The van der Waals surface area contributed by atoms with Crippen molar-refractivity contribution in [1.82, 2.24) is 9.78 Å². The summed E-state index contributed by atoms with van der Waals surface area (Å²) in [4.78, 5) is 21.9. The molecule has 8 nitrogen and oxygen atoms in total. The normalized spacial score (nSPS) is 10.7. The quantitative estimate of drug-likeness (QED) is 0.673. The van der Waals surface area contributed by atoms with Crippen LogP contribution in [0.3, 0.4) is 0 Å². The SMILES string of the molecule is Cc1c(C(N)=O)nn(C(C)C)c1Oc1ccccc1[N+](=O)[O-]. The van der Waals surface area contributed by atoms with Gasteiger partial charge in [-0.15, -0.1) is 0 Å². The number of rotatable bonds is 5. The molecule has 1 heterocycles. The van der Waals surface area contributed by atoms with Crippen molar-refractivity contribution < 1.29 is 14.5 Å². The van der Waals surface area contributed by atoms with Crippen molar-refractivity contribution in [1.29, 1.82) is 0 Å². The molecule has 0 unspecified atom stereocenters. The molecule has 0 aliphatic carbocycles. The van der Waals surface area contributed by atoms with Crippen molar-refractivity contribution in [2.75, 3.05) is 0 Å². The van der Waals surface area contributed by atoms with Crippen LogP contribution in [-0.2, 0) is 0 Å². The van der Waals surface area contributed by atoms with Gasteiger partial charge in [0.2, 0.25) is 11.6 Å². The van der Waals surface area contributed by atoms with Crippen molar-refractivity contribution in [2.24, 2.45) is 5.73 Å². The molecule has 116 valence electrons. The number of para-hydroxylation sites is 2. The molecule has 1 aromatic heterocycles. The van der Waals surface area contributed by atoms with Crippen molar-refractivity contribution in [3.8, 4) is 11.6 Å². The summed E-state index contributed by atoms with van der Waals surface area (Å²) in [5, 5.41) is 15.2. The van der Waals surface area contributed by atoms with E-state index >= 15 is 0 Å². The number of nitrogens with zero attached hydrogens (tertiary/aromatic N) is 3. The number of nitro benzene ring substituents is 1. The third-order valence-electron chi connectivity index (χ3n) is 3.08. The standard InChI is InChI=1S/C14H16N4O4/c1-8(2)17-14(9(3)12(16-17)13(15)19)22-11-7-5-4-6-10(11)18(20)21/h4-8H,1-3H3,(H2,15,19). The van der Waals surface area contributed by atoms with Crippen molar-refractivity contribution >= 4 is 11.6 Å².